The molecule has 0 aliphatic carbocycles. The van der Waals surface area contributed by atoms with Crippen molar-refractivity contribution in [3.8, 4) is 0 Å². The van der Waals surface area contributed by atoms with Crippen molar-refractivity contribution in [2.24, 2.45) is 5.92 Å². The third kappa shape index (κ3) is 3.62. The molecule has 1 aliphatic heterocycles. The average Bonchev–Trinajstić information content (AvgIpc) is 2.37. The van der Waals surface area contributed by atoms with Crippen molar-refractivity contribution in [3.63, 3.8) is 0 Å². The molecule has 3 nitrogen and oxygen atoms in total. The number of amides is 1. The molecule has 0 N–H and O–H groups in total. The van der Waals surface area contributed by atoms with Gasteiger partial charge in [-0.15, -0.1) is 0 Å². The molecule has 0 radical (unpaired) electrons. The number of nitrogens with zero attached hydrogens (tertiary/aromatic N) is 2. The summed E-state index contributed by atoms with van der Waals surface area (Å²) in [6.07, 6.45) is 4.03. The summed E-state index contributed by atoms with van der Waals surface area (Å²) in [6.45, 7) is 3.97. The van der Waals surface area contributed by atoms with Gasteiger partial charge >= 0.3 is 0 Å². The second-order valence-corrected chi connectivity index (χ2v) is 6.04. The fourth-order valence-corrected chi connectivity index (χ4v) is 3.18. The second-order valence-electron chi connectivity index (χ2n) is 4.67. The smallest absolute Gasteiger partial charge is 0.232 e. The maximum absolute atomic E-state index is 12.1. The number of pyridine rings is 1. The lowest BCUT2D eigenvalue weighted by Gasteiger charge is -2.30. The van der Waals surface area contributed by atoms with Crippen molar-refractivity contribution >= 4 is 29.3 Å². The van der Waals surface area contributed by atoms with Crippen LogP contribution in [0.1, 0.15) is 19.8 Å². The SMILES string of the molecule is CC1CCCN(C(=O)CSc2ncccc2Cl)C1. The lowest BCUT2D eigenvalue weighted by atomic mass is 10.0. The predicted molar refractivity (Wildman–Crippen MR) is 74.9 cm³/mol. The van der Waals surface area contributed by atoms with Crippen LogP contribution < -0.4 is 0 Å². The summed E-state index contributed by atoms with van der Waals surface area (Å²) >= 11 is 7.42. The largest absolute Gasteiger partial charge is 0.342 e. The fourth-order valence-electron chi connectivity index (χ4n) is 2.11. The van der Waals surface area contributed by atoms with E-state index in [1.54, 1.807) is 18.3 Å². The topological polar surface area (TPSA) is 33.2 Å². The van der Waals surface area contributed by atoms with Crippen LogP contribution >= 0.6 is 23.4 Å². The normalized spacial score (nSPS) is 19.9. The molecule has 5 heteroatoms. The Balaban J connectivity index is 1.86. The Bertz CT molecular complexity index is 427. The number of piperidine rings is 1. The molecule has 18 heavy (non-hydrogen) atoms. The van der Waals surface area contributed by atoms with E-state index in [0.29, 0.717) is 16.7 Å². The van der Waals surface area contributed by atoms with Gasteiger partial charge in [0, 0.05) is 19.3 Å². The molecule has 1 aromatic rings. The Morgan fingerprint density at radius 1 is 1.67 bits per heavy atom. The lowest BCUT2D eigenvalue weighted by Crippen LogP contribution is -2.40. The monoisotopic (exact) mass is 284 g/mol. The fraction of sp³-hybridized carbons (Fsp3) is 0.538. The zero-order chi connectivity index (χ0) is 13.0. The zero-order valence-electron chi connectivity index (χ0n) is 10.4. The average molecular weight is 285 g/mol. The van der Waals surface area contributed by atoms with Gasteiger partial charge in [0.2, 0.25) is 5.91 Å². The molecule has 2 rings (SSSR count). The van der Waals surface area contributed by atoms with Crippen LogP contribution in [-0.2, 0) is 4.79 Å². The van der Waals surface area contributed by atoms with Crippen LogP contribution in [0.15, 0.2) is 23.4 Å². The summed E-state index contributed by atoms with van der Waals surface area (Å²) < 4.78 is 0. The van der Waals surface area contributed by atoms with Gasteiger partial charge in [-0.25, -0.2) is 4.98 Å². The number of hydrogen-bond acceptors (Lipinski definition) is 3. The summed E-state index contributed by atoms with van der Waals surface area (Å²) in [6, 6.07) is 3.59. The Labute approximate surface area is 117 Å². The number of halogens is 1. The standard InChI is InChI=1S/C13H17ClN2OS/c1-10-4-3-7-16(8-10)12(17)9-18-13-11(14)5-2-6-15-13/h2,5-6,10H,3-4,7-9H2,1H3. The van der Waals surface area contributed by atoms with E-state index in [0.717, 1.165) is 24.5 Å². The highest BCUT2D eigenvalue weighted by Crippen LogP contribution is 2.25. The lowest BCUT2D eigenvalue weighted by molar-refractivity contribution is -0.130. The number of rotatable bonds is 3. The molecule has 0 saturated carbocycles. The molecule has 1 saturated heterocycles. The van der Waals surface area contributed by atoms with Crippen molar-refractivity contribution in [3.05, 3.63) is 23.4 Å². The van der Waals surface area contributed by atoms with Crippen LogP contribution in [0, 0.1) is 5.92 Å². The molecule has 1 unspecified atom stereocenters. The first-order valence-electron chi connectivity index (χ1n) is 6.18. The third-order valence-electron chi connectivity index (χ3n) is 3.07. The first kappa shape index (κ1) is 13.7. The van der Waals surface area contributed by atoms with Crippen molar-refractivity contribution in [1.29, 1.82) is 0 Å². The van der Waals surface area contributed by atoms with Crippen LogP contribution in [0.2, 0.25) is 5.02 Å². The second kappa shape index (κ2) is 6.43. The van der Waals surface area contributed by atoms with E-state index >= 15 is 0 Å². The van der Waals surface area contributed by atoms with E-state index in [4.69, 9.17) is 11.6 Å². The van der Waals surface area contributed by atoms with Gasteiger partial charge in [-0.2, -0.15) is 0 Å². The number of aromatic nitrogens is 1. The highest BCUT2D eigenvalue weighted by atomic mass is 35.5. The van der Waals surface area contributed by atoms with Gasteiger partial charge in [-0.1, -0.05) is 30.3 Å². The zero-order valence-corrected chi connectivity index (χ0v) is 12.0. The Morgan fingerprint density at radius 2 is 2.50 bits per heavy atom. The van der Waals surface area contributed by atoms with Gasteiger partial charge in [0.25, 0.3) is 0 Å². The van der Waals surface area contributed by atoms with Gasteiger partial charge in [0.1, 0.15) is 5.03 Å². The molecule has 98 valence electrons. The minimum atomic E-state index is 0.188. The first-order valence-corrected chi connectivity index (χ1v) is 7.54. The van der Waals surface area contributed by atoms with Gasteiger partial charge in [0.15, 0.2) is 0 Å². The first-order chi connectivity index (χ1) is 8.66. The predicted octanol–water partition coefficient (Wildman–Crippen LogP) is 3.09. The van der Waals surface area contributed by atoms with E-state index in [-0.39, 0.29) is 5.91 Å². The highest BCUT2D eigenvalue weighted by Gasteiger charge is 2.21. The summed E-state index contributed by atoms with van der Waals surface area (Å²) in [5, 5.41) is 1.35. The van der Waals surface area contributed by atoms with Crippen LogP contribution in [0.5, 0.6) is 0 Å². The maximum Gasteiger partial charge on any atom is 0.232 e. The number of carbonyl (C=O) groups excluding carboxylic acids is 1. The molecular formula is C13H17ClN2OS. The molecule has 1 aliphatic rings. The molecule has 1 fully saturated rings. The molecule has 1 atom stereocenters. The summed E-state index contributed by atoms with van der Waals surface area (Å²) in [5.41, 5.74) is 0. The quantitative estimate of drug-likeness (QED) is 0.800. The molecule has 1 aromatic heterocycles. The molecule has 1 amide bonds. The molecule has 2 heterocycles. The Kier molecular flexibility index (Phi) is 4.89. The van der Waals surface area contributed by atoms with E-state index in [1.165, 1.54) is 18.2 Å². The van der Waals surface area contributed by atoms with Gasteiger partial charge in [-0.05, 0) is 30.9 Å². The van der Waals surface area contributed by atoms with Crippen molar-refractivity contribution in [2.45, 2.75) is 24.8 Å². The minimum Gasteiger partial charge on any atom is -0.342 e. The van der Waals surface area contributed by atoms with E-state index in [9.17, 15) is 4.79 Å². The summed E-state index contributed by atoms with van der Waals surface area (Å²) in [4.78, 5) is 18.2. The van der Waals surface area contributed by atoms with Crippen molar-refractivity contribution < 1.29 is 4.79 Å². The molecular weight excluding hydrogens is 268 g/mol. The molecule has 0 spiro atoms. The number of thioether (sulfide) groups is 1. The van der Waals surface area contributed by atoms with Gasteiger partial charge < -0.3 is 4.90 Å². The number of likely N-dealkylation sites (tertiary alicyclic amines) is 1. The van der Waals surface area contributed by atoms with E-state index < -0.39 is 0 Å². The minimum absolute atomic E-state index is 0.188. The molecule has 0 bridgehead atoms. The number of hydrogen-bond donors (Lipinski definition) is 0. The van der Waals surface area contributed by atoms with E-state index in [1.807, 2.05) is 4.90 Å². The Morgan fingerprint density at radius 3 is 3.22 bits per heavy atom. The van der Waals surface area contributed by atoms with Crippen LogP contribution in [0.3, 0.4) is 0 Å². The third-order valence-corrected chi connectivity index (χ3v) is 4.47. The number of carbonyl (C=O) groups is 1. The van der Waals surface area contributed by atoms with Crippen LogP contribution in [-0.4, -0.2) is 34.6 Å². The van der Waals surface area contributed by atoms with Crippen LogP contribution in [0.4, 0.5) is 0 Å². The van der Waals surface area contributed by atoms with Crippen LogP contribution in [0.25, 0.3) is 0 Å². The van der Waals surface area contributed by atoms with Gasteiger partial charge in [-0.3, -0.25) is 4.79 Å². The molecule has 0 aromatic carbocycles. The van der Waals surface area contributed by atoms with Crippen molar-refractivity contribution in [2.75, 3.05) is 18.8 Å². The van der Waals surface area contributed by atoms with Gasteiger partial charge in [0.05, 0.1) is 10.8 Å². The maximum atomic E-state index is 12.1. The Hall–Kier alpha value is -0.740. The highest BCUT2D eigenvalue weighted by molar-refractivity contribution is 8.00. The van der Waals surface area contributed by atoms with E-state index in [2.05, 4.69) is 11.9 Å². The van der Waals surface area contributed by atoms with Crippen molar-refractivity contribution in [1.82, 2.24) is 9.88 Å². The summed E-state index contributed by atoms with van der Waals surface area (Å²) in [5.74, 6) is 1.23. The summed E-state index contributed by atoms with van der Waals surface area (Å²) in [7, 11) is 0.